The molecule has 29 heavy (non-hydrogen) atoms. The van der Waals surface area contributed by atoms with Crippen LogP contribution in [0, 0.1) is 0 Å². The molecule has 7 nitrogen and oxygen atoms in total. The summed E-state index contributed by atoms with van der Waals surface area (Å²) in [5.74, 6) is 0.969. The normalized spacial score (nSPS) is 17.7. The minimum atomic E-state index is -0.0968. The second-order valence-corrected chi connectivity index (χ2v) is 8.35. The summed E-state index contributed by atoms with van der Waals surface area (Å²) in [6.45, 7) is 2.37. The summed E-state index contributed by atoms with van der Waals surface area (Å²) in [5, 5.41) is 8.26. The van der Waals surface area contributed by atoms with Crippen molar-refractivity contribution in [3.05, 3.63) is 74.0 Å². The Kier molecular flexibility index (Phi) is 4.65. The standard InChI is InChI=1S/C21H21N5O2S/c27-18-9-16(24-25-18)14-7-4-8-26(10-14)11-17-22-20(28)19-15(12-29-21(19)23-17)13-5-2-1-3-6-13/h1-3,5-6,9,12,14H,4,7-8,10-11H2,(H,22,23,28)(H2,24,25,27). The highest BCUT2D eigenvalue weighted by Gasteiger charge is 2.23. The van der Waals surface area contributed by atoms with E-state index in [0.717, 1.165) is 47.6 Å². The zero-order valence-corrected chi connectivity index (χ0v) is 16.6. The average Bonchev–Trinajstić information content (AvgIpc) is 3.36. The number of rotatable bonds is 4. The molecule has 1 saturated heterocycles. The van der Waals surface area contributed by atoms with Crippen molar-refractivity contribution >= 4 is 21.6 Å². The van der Waals surface area contributed by atoms with Crippen molar-refractivity contribution in [2.45, 2.75) is 25.3 Å². The van der Waals surface area contributed by atoms with Gasteiger partial charge in [0.05, 0.1) is 11.9 Å². The molecule has 3 aromatic heterocycles. The molecular formula is C21H21N5O2S. The topological polar surface area (TPSA) is 97.6 Å². The second kappa shape index (κ2) is 7.46. The number of hydrogen-bond donors (Lipinski definition) is 3. The van der Waals surface area contributed by atoms with Crippen molar-refractivity contribution in [2.75, 3.05) is 13.1 Å². The Morgan fingerprint density at radius 1 is 1.17 bits per heavy atom. The first-order chi connectivity index (χ1) is 14.2. The molecule has 0 spiro atoms. The molecule has 1 aliphatic rings. The lowest BCUT2D eigenvalue weighted by molar-refractivity contribution is 0.194. The van der Waals surface area contributed by atoms with Crippen LogP contribution in [0.3, 0.4) is 0 Å². The summed E-state index contributed by atoms with van der Waals surface area (Å²) in [5.41, 5.74) is 2.72. The number of piperidine rings is 1. The first-order valence-electron chi connectivity index (χ1n) is 9.73. The summed E-state index contributed by atoms with van der Waals surface area (Å²) in [4.78, 5) is 35.0. The summed E-state index contributed by atoms with van der Waals surface area (Å²) >= 11 is 1.51. The van der Waals surface area contributed by atoms with Gasteiger partial charge in [0.15, 0.2) is 0 Å². The number of benzene rings is 1. The molecule has 3 N–H and O–H groups in total. The molecule has 1 fully saturated rings. The molecular weight excluding hydrogens is 386 g/mol. The van der Waals surface area contributed by atoms with Gasteiger partial charge in [0.2, 0.25) is 0 Å². The Morgan fingerprint density at radius 2 is 2.03 bits per heavy atom. The van der Waals surface area contributed by atoms with Crippen LogP contribution in [0.2, 0.25) is 0 Å². The van der Waals surface area contributed by atoms with Crippen molar-refractivity contribution in [2.24, 2.45) is 0 Å². The lowest BCUT2D eigenvalue weighted by Gasteiger charge is -2.31. The highest BCUT2D eigenvalue weighted by Crippen LogP contribution is 2.31. The molecule has 1 atom stereocenters. The minimum absolute atomic E-state index is 0.0892. The lowest BCUT2D eigenvalue weighted by atomic mass is 9.95. The maximum Gasteiger partial charge on any atom is 0.264 e. The third-order valence-electron chi connectivity index (χ3n) is 5.51. The van der Waals surface area contributed by atoms with Crippen LogP contribution in [0.15, 0.2) is 51.4 Å². The number of nitrogens with one attached hydrogen (secondary N) is 3. The molecule has 0 amide bonds. The van der Waals surface area contributed by atoms with Crippen LogP contribution in [0.5, 0.6) is 0 Å². The van der Waals surface area contributed by atoms with Crippen molar-refractivity contribution in [3.8, 4) is 11.1 Å². The van der Waals surface area contributed by atoms with Gasteiger partial charge in [-0.15, -0.1) is 11.3 Å². The number of nitrogens with zero attached hydrogens (tertiary/aromatic N) is 2. The van der Waals surface area contributed by atoms with Gasteiger partial charge in [-0.2, -0.15) is 0 Å². The number of aromatic nitrogens is 4. The van der Waals surface area contributed by atoms with E-state index in [4.69, 9.17) is 4.98 Å². The van der Waals surface area contributed by atoms with Gasteiger partial charge in [-0.3, -0.25) is 19.6 Å². The Bertz CT molecular complexity index is 1250. The van der Waals surface area contributed by atoms with Crippen LogP contribution >= 0.6 is 11.3 Å². The van der Waals surface area contributed by atoms with E-state index in [2.05, 4.69) is 20.1 Å². The maximum absolute atomic E-state index is 12.8. The van der Waals surface area contributed by atoms with Gasteiger partial charge >= 0.3 is 0 Å². The zero-order valence-electron chi connectivity index (χ0n) is 15.8. The van der Waals surface area contributed by atoms with E-state index in [0.29, 0.717) is 17.8 Å². The molecule has 1 aromatic carbocycles. The summed E-state index contributed by atoms with van der Waals surface area (Å²) in [6.07, 6.45) is 2.08. The van der Waals surface area contributed by atoms with Gasteiger partial charge < -0.3 is 10.1 Å². The number of likely N-dealkylation sites (tertiary alicyclic amines) is 1. The second-order valence-electron chi connectivity index (χ2n) is 7.50. The van der Waals surface area contributed by atoms with Crippen molar-refractivity contribution in [3.63, 3.8) is 0 Å². The van der Waals surface area contributed by atoms with Gasteiger partial charge in [-0.1, -0.05) is 30.3 Å². The van der Waals surface area contributed by atoms with E-state index >= 15 is 0 Å². The Hall–Kier alpha value is -2.97. The summed E-state index contributed by atoms with van der Waals surface area (Å²) in [7, 11) is 0. The number of aromatic amines is 3. The molecule has 0 radical (unpaired) electrons. The number of fused-ring (bicyclic) bond motifs is 1. The Balaban J connectivity index is 1.40. The Labute approximate surface area is 170 Å². The van der Waals surface area contributed by atoms with Crippen LogP contribution in [-0.4, -0.2) is 38.2 Å². The average molecular weight is 407 g/mol. The third kappa shape index (κ3) is 3.56. The molecule has 1 unspecified atom stereocenters. The number of hydrogen-bond acceptors (Lipinski definition) is 5. The predicted octanol–water partition coefficient (Wildman–Crippen LogP) is 3.05. The quantitative estimate of drug-likeness (QED) is 0.484. The highest BCUT2D eigenvalue weighted by molar-refractivity contribution is 7.17. The van der Waals surface area contributed by atoms with Gasteiger partial charge in [0.25, 0.3) is 11.1 Å². The summed E-state index contributed by atoms with van der Waals surface area (Å²) < 4.78 is 0. The first-order valence-corrected chi connectivity index (χ1v) is 10.6. The van der Waals surface area contributed by atoms with Crippen molar-refractivity contribution in [1.29, 1.82) is 0 Å². The largest absolute Gasteiger partial charge is 0.309 e. The molecule has 0 aliphatic carbocycles. The van der Waals surface area contributed by atoms with E-state index in [1.165, 1.54) is 11.3 Å². The molecule has 148 valence electrons. The van der Waals surface area contributed by atoms with E-state index < -0.39 is 0 Å². The molecule has 0 bridgehead atoms. The molecule has 5 rings (SSSR count). The van der Waals surface area contributed by atoms with Crippen LogP contribution in [0.25, 0.3) is 21.3 Å². The van der Waals surface area contributed by atoms with Gasteiger partial charge in [0.1, 0.15) is 10.7 Å². The fourth-order valence-electron chi connectivity index (χ4n) is 4.13. The molecule has 4 heterocycles. The molecule has 0 saturated carbocycles. The monoisotopic (exact) mass is 407 g/mol. The third-order valence-corrected chi connectivity index (χ3v) is 6.39. The van der Waals surface area contributed by atoms with Crippen LogP contribution < -0.4 is 11.1 Å². The SMILES string of the molecule is O=c1cc(C2CCCN(Cc3nc4scc(-c5ccccc5)c4c(=O)[nH]3)C2)[nH][nH]1. The van der Waals surface area contributed by atoms with E-state index in [1.807, 2.05) is 35.7 Å². The van der Waals surface area contributed by atoms with Gasteiger partial charge in [-0.25, -0.2) is 4.98 Å². The minimum Gasteiger partial charge on any atom is -0.309 e. The van der Waals surface area contributed by atoms with Crippen LogP contribution in [0.4, 0.5) is 0 Å². The van der Waals surface area contributed by atoms with Crippen LogP contribution in [-0.2, 0) is 6.54 Å². The first kappa shape index (κ1) is 18.1. The van der Waals surface area contributed by atoms with E-state index in [-0.39, 0.29) is 17.0 Å². The fourth-order valence-corrected chi connectivity index (χ4v) is 5.10. The fraction of sp³-hybridized carbons (Fsp3) is 0.286. The van der Waals surface area contributed by atoms with Crippen molar-refractivity contribution in [1.82, 2.24) is 25.1 Å². The number of thiophene rings is 1. The zero-order chi connectivity index (χ0) is 19.8. The summed E-state index contributed by atoms with van der Waals surface area (Å²) in [6, 6.07) is 11.6. The van der Waals surface area contributed by atoms with E-state index in [1.54, 1.807) is 6.07 Å². The molecule has 4 aromatic rings. The predicted molar refractivity (Wildman–Crippen MR) is 114 cm³/mol. The Morgan fingerprint density at radius 3 is 2.83 bits per heavy atom. The molecule has 8 heteroatoms. The lowest BCUT2D eigenvalue weighted by Crippen LogP contribution is -2.35. The smallest absolute Gasteiger partial charge is 0.264 e. The van der Waals surface area contributed by atoms with E-state index in [9.17, 15) is 9.59 Å². The van der Waals surface area contributed by atoms with Crippen LogP contribution in [0.1, 0.15) is 30.3 Å². The number of H-pyrrole nitrogens is 3. The van der Waals surface area contributed by atoms with Gasteiger partial charge in [0, 0.05) is 35.2 Å². The van der Waals surface area contributed by atoms with Crippen molar-refractivity contribution < 1.29 is 0 Å². The molecule has 1 aliphatic heterocycles. The van der Waals surface area contributed by atoms with Gasteiger partial charge in [-0.05, 0) is 24.9 Å². The maximum atomic E-state index is 12.8. The highest BCUT2D eigenvalue weighted by atomic mass is 32.1.